The zero-order valence-electron chi connectivity index (χ0n) is 9.44. The molecule has 15 heavy (non-hydrogen) atoms. The summed E-state index contributed by atoms with van der Waals surface area (Å²) in [6.45, 7) is 2.49. The van der Waals surface area contributed by atoms with Gasteiger partial charge in [-0.05, 0) is 32.6 Å². The highest BCUT2D eigenvalue weighted by Crippen LogP contribution is 2.19. The molecule has 1 amide bonds. The van der Waals surface area contributed by atoms with Crippen molar-refractivity contribution in [3.8, 4) is 11.8 Å². The number of carbonyl (C=O) groups excluding carboxylic acids is 1. The van der Waals surface area contributed by atoms with Gasteiger partial charge in [-0.25, -0.2) is 0 Å². The Labute approximate surface area is 92.1 Å². The summed E-state index contributed by atoms with van der Waals surface area (Å²) < 4.78 is 0. The Morgan fingerprint density at radius 2 is 2.40 bits per heavy atom. The number of hydrogen-bond acceptors (Lipinski definition) is 1. The summed E-state index contributed by atoms with van der Waals surface area (Å²) in [7, 11) is 0. The summed E-state index contributed by atoms with van der Waals surface area (Å²) >= 11 is 0. The smallest absolute Gasteiger partial charge is 0.224 e. The van der Waals surface area contributed by atoms with Gasteiger partial charge in [-0.1, -0.05) is 11.6 Å². The van der Waals surface area contributed by atoms with Crippen molar-refractivity contribution in [3.63, 3.8) is 0 Å². The molecule has 0 saturated carbocycles. The maximum Gasteiger partial charge on any atom is 0.224 e. The first-order valence-electron chi connectivity index (χ1n) is 5.67. The van der Waals surface area contributed by atoms with Gasteiger partial charge in [-0.15, -0.1) is 11.8 Å². The fourth-order valence-electron chi connectivity index (χ4n) is 1.72. The van der Waals surface area contributed by atoms with Crippen LogP contribution >= 0.6 is 0 Å². The summed E-state index contributed by atoms with van der Waals surface area (Å²) in [6.07, 6.45) is 8.31. The Morgan fingerprint density at radius 1 is 1.53 bits per heavy atom. The number of nitrogens with one attached hydrogen (secondary N) is 1. The van der Waals surface area contributed by atoms with Crippen LogP contribution in [0.15, 0.2) is 11.6 Å². The van der Waals surface area contributed by atoms with Gasteiger partial charge in [0.2, 0.25) is 5.91 Å². The minimum atomic E-state index is 0.140. The van der Waals surface area contributed by atoms with Crippen LogP contribution in [0.3, 0.4) is 0 Å². The standard InChI is InChI=1S/C13H19NO/c1-2-3-7-10-14-13(15)11-12-8-5-4-6-9-12/h8H,4-7,9-11H2,1H3,(H,14,15). The molecule has 0 aromatic rings. The Balaban J connectivity index is 2.16. The molecule has 2 nitrogen and oxygen atoms in total. The molecular weight excluding hydrogens is 186 g/mol. The second kappa shape index (κ2) is 7.11. The average molecular weight is 205 g/mol. The van der Waals surface area contributed by atoms with E-state index in [2.05, 4.69) is 23.2 Å². The second-order valence-electron chi connectivity index (χ2n) is 3.81. The molecule has 0 aromatic carbocycles. The van der Waals surface area contributed by atoms with E-state index in [0.29, 0.717) is 13.0 Å². The second-order valence-corrected chi connectivity index (χ2v) is 3.81. The molecule has 0 radical (unpaired) electrons. The van der Waals surface area contributed by atoms with Crippen molar-refractivity contribution >= 4 is 5.91 Å². The molecule has 1 N–H and O–H groups in total. The number of carbonyl (C=O) groups is 1. The zero-order chi connectivity index (χ0) is 10.9. The minimum Gasteiger partial charge on any atom is -0.355 e. The first-order chi connectivity index (χ1) is 7.33. The van der Waals surface area contributed by atoms with Gasteiger partial charge in [0.05, 0.1) is 0 Å². The van der Waals surface area contributed by atoms with Gasteiger partial charge < -0.3 is 5.32 Å². The Morgan fingerprint density at radius 3 is 3.07 bits per heavy atom. The van der Waals surface area contributed by atoms with Crippen molar-refractivity contribution < 1.29 is 4.79 Å². The molecule has 0 atom stereocenters. The van der Waals surface area contributed by atoms with Crippen LogP contribution in [0.25, 0.3) is 0 Å². The highest BCUT2D eigenvalue weighted by molar-refractivity contribution is 5.78. The van der Waals surface area contributed by atoms with Crippen molar-refractivity contribution in [2.75, 3.05) is 6.54 Å². The largest absolute Gasteiger partial charge is 0.355 e. The third-order valence-corrected chi connectivity index (χ3v) is 2.52. The maximum atomic E-state index is 11.5. The third kappa shape index (κ3) is 5.27. The molecule has 0 aliphatic heterocycles. The minimum absolute atomic E-state index is 0.140. The van der Waals surface area contributed by atoms with E-state index in [1.165, 1.54) is 18.4 Å². The van der Waals surface area contributed by atoms with E-state index in [9.17, 15) is 4.79 Å². The van der Waals surface area contributed by atoms with Gasteiger partial charge in [0.15, 0.2) is 0 Å². The van der Waals surface area contributed by atoms with Crippen molar-refractivity contribution in [2.45, 2.75) is 45.4 Å². The lowest BCUT2D eigenvalue weighted by Gasteiger charge is -2.12. The van der Waals surface area contributed by atoms with E-state index < -0.39 is 0 Å². The summed E-state index contributed by atoms with van der Waals surface area (Å²) in [5.41, 5.74) is 1.31. The third-order valence-electron chi connectivity index (χ3n) is 2.52. The molecule has 0 saturated heterocycles. The van der Waals surface area contributed by atoms with Crippen LogP contribution in [0.5, 0.6) is 0 Å². The molecular formula is C13H19NO. The molecule has 0 aromatic heterocycles. The highest BCUT2D eigenvalue weighted by atomic mass is 16.1. The molecule has 0 bridgehead atoms. The van der Waals surface area contributed by atoms with Crippen LogP contribution in [0.1, 0.15) is 45.4 Å². The van der Waals surface area contributed by atoms with E-state index in [4.69, 9.17) is 0 Å². The van der Waals surface area contributed by atoms with E-state index in [-0.39, 0.29) is 5.91 Å². The molecule has 1 rings (SSSR count). The molecule has 0 unspecified atom stereocenters. The molecule has 1 aliphatic rings. The topological polar surface area (TPSA) is 29.1 Å². The molecule has 0 fully saturated rings. The van der Waals surface area contributed by atoms with Crippen molar-refractivity contribution in [3.05, 3.63) is 11.6 Å². The van der Waals surface area contributed by atoms with Crippen LogP contribution in [-0.2, 0) is 4.79 Å². The lowest BCUT2D eigenvalue weighted by Crippen LogP contribution is -2.24. The monoisotopic (exact) mass is 205 g/mol. The normalized spacial score (nSPS) is 14.9. The van der Waals surface area contributed by atoms with Crippen LogP contribution in [0, 0.1) is 11.8 Å². The van der Waals surface area contributed by atoms with Crippen LogP contribution in [0.4, 0.5) is 0 Å². The number of hydrogen-bond donors (Lipinski definition) is 1. The van der Waals surface area contributed by atoms with Crippen LogP contribution < -0.4 is 5.32 Å². The van der Waals surface area contributed by atoms with Crippen LogP contribution in [0.2, 0.25) is 0 Å². The fourth-order valence-corrected chi connectivity index (χ4v) is 1.72. The Bertz CT molecular complexity index is 293. The summed E-state index contributed by atoms with van der Waals surface area (Å²) in [5, 5.41) is 2.88. The maximum absolute atomic E-state index is 11.5. The van der Waals surface area contributed by atoms with Gasteiger partial charge in [0.25, 0.3) is 0 Å². The van der Waals surface area contributed by atoms with Gasteiger partial charge >= 0.3 is 0 Å². The van der Waals surface area contributed by atoms with Crippen molar-refractivity contribution in [1.29, 1.82) is 0 Å². The number of rotatable bonds is 4. The predicted octanol–water partition coefficient (Wildman–Crippen LogP) is 2.41. The summed E-state index contributed by atoms with van der Waals surface area (Å²) in [5.74, 6) is 5.88. The molecule has 82 valence electrons. The van der Waals surface area contributed by atoms with Crippen LogP contribution in [-0.4, -0.2) is 12.5 Å². The van der Waals surface area contributed by atoms with Crippen molar-refractivity contribution in [1.82, 2.24) is 5.32 Å². The Hall–Kier alpha value is -1.23. The summed E-state index contributed by atoms with van der Waals surface area (Å²) in [6, 6.07) is 0. The number of allylic oxidation sites excluding steroid dienone is 1. The molecule has 0 heterocycles. The van der Waals surface area contributed by atoms with E-state index in [0.717, 1.165) is 19.3 Å². The Kier molecular flexibility index (Phi) is 5.62. The molecule has 0 spiro atoms. The van der Waals surface area contributed by atoms with E-state index >= 15 is 0 Å². The summed E-state index contributed by atoms with van der Waals surface area (Å²) in [4.78, 5) is 11.5. The lowest BCUT2D eigenvalue weighted by atomic mass is 9.97. The molecule has 2 heteroatoms. The van der Waals surface area contributed by atoms with Gasteiger partial charge in [0, 0.05) is 19.4 Å². The first kappa shape index (κ1) is 11.8. The molecule has 1 aliphatic carbocycles. The lowest BCUT2D eigenvalue weighted by molar-refractivity contribution is -0.120. The quantitative estimate of drug-likeness (QED) is 0.426. The van der Waals surface area contributed by atoms with Gasteiger partial charge in [0.1, 0.15) is 0 Å². The first-order valence-corrected chi connectivity index (χ1v) is 5.67. The predicted molar refractivity (Wildman–Crippen MR) is 62.2 cm³/mol. The van der Waals surface area contributed by atoms with Gasteiger partial charge in [-0.2, -0.15) is 0 Å². The fraction of sp³-hybridized carbons (Fsp3) is 0.615. The van der Waals surface area contributed by atoms with Crippen molar-refractivity contribution in [2.24, 2.45) is 0 Å². The zero-order valence-corrected chi connectivity index (χ0v) is 9.44. The van der Waals surface area contributed by atoms with E-state index in [1.54, 1.807) is 0 Å². The van der Waals surface area contributed by atoms with Gasteiger partial charge in [-0.3, -0.25) is 4.79 Å². The highest BCUT2D eigenvalue weighted by Gasteiger charge is 2.07. The SMILES string of the molecule is CC#CCCNC(=O)CC1=CCCCC1. The number of amides is 1. The van der Waals surface area contributed by atoms with E-state index in [1.807, 2.05) is 6.92 Å². The average Bonchev–Trinajstić information content (AvgIpc) is 2.26.